The van der Waals surface area contributed by atoms with Crippen molar-refractivity contribution in [3.63, 3.8) is 0 Å². The largest absolute Gasteiger partial charge is 0.388 e. The fraction of sp³-hybridized carbons (Fsp3) is 0.238. The Hall–Kier alpha value is -3.17. The second-order valence-corrected chi connectivity index (χ2v) is 5.55. The normalized spacial score (nSPS) is 9.19. The van der Waals surface area contributed by atoms with Gasteiger partial charge >= 0.3 is 0 Å². The van der Waals surface area contributed by atoms with E-state index in [1.54, 1.807) is 26.4 Å². The molecule has 0 aliphatic heterocycles. The Balaban J connectivity index is 0.00000114. The minimum atomic E-state index is -0.313. The third kappa shape index (κ3) is 9.78. The lowest BCUT2D eigenvalue weighted by atomic mass is 10.1. The maximum absolute atomic E-state index is 13.1. The molecule has 0 aromatic heterocycles. The highest BCUT2D eigenvalue weighted by Gasteiger charge is 2.01. The van der Waals surface area contributed by atoms with Crippen molar-refractivity contribution in [2.45, 2.75) is 13.5 Å². The van der Waals surface area contributed by atoms with Gasteiger partial charge in [0.15, 0.2) is 0 Å². The summed E-state index contributed by atoms with van der Waals surface area (Å²) >= 11 is 0. The highest BCUT2D eigenvalue weighted by Crippen LogP contribution is 2.05. The maximum atomic E-state index is 13.1. The van der Waals surface area contributed by atoms with Crippen molar-refractivity contribution < 1.29 is 18.7 Å². The summed E-state index contributed by atoms with van der Waals surface area (Å²) < 4.78 is 17.3. The van der Waals surface area contributed by atoms with E-state index in [2.05, 4.69) is 27.2 Å². The molecule has 0 aliphatic carbocycles. The van der Waals surface area contributed by atoms with E-state index in [0.29, 0.717) is 12.1 Å². The first-order chi connectivity index (χ1) is 12.9. The Morgan fingerprint density at radius 3 is 2.22 bits per heavy atom. The molecule has 0 aliphatic rings. The number of halogens is 1. The summed E-state index contributed by atoms with van der Waals surface area (Å²) in [7, 11) is 3.25. The zero-order valence-electron chi connectivity index (χ0n) is 15.6. The van der Waals surface area contributed by atoms with Gasteiger partial charge in [-0.25, -0.2) is 4.39 Å². The fourth-order valence-corrected chi connectivity index (χ4v) is 1.88. The molecule has 0 unspecified atom stereocenters. The van der Waals surface area contributed by atoms with Crippen LogP contribution >= 0.6 is 0 Å². The van der Waals surface area contributed by atoms with Gasteiger partial charge in [0.1, 0.15) is 5.82 Å². The van der Waals surface area contributed by atoms with Crippen LogP contribution in [0.4, 0.5) is 4.39 Å². The molecule has 142 valence electrons. The molecule has 27 heavy (non-hydrogen) atoms. The summed E-state index contributed by atoms with van der Waals surface area (Å²) in [5.41, 5.74) is 2.33. The molecular weight excluding hydrogens is 347 g/mol. The Morgan fingerprint density at radius 2 is 1.63 bits per heavy atom. The first kappa shape index (κ1) is 21.9. The molecule has 0 bridgehead atoms. The molecule has 0 spiro atoms. The quantitative estimate of drug-likeness (QED) is 0.811. The summed E-state index contributed by atoms with van der Waals surface area (Å²) in [6.45, 7) is 1.69. The molecule has 0 heterocycles. The van der Waals surface area contributed by atoms with Crippen LogP contribution in [0.3, 0.4) is 0 Å². The number of hydrogen-bond acceptors (Lipinski definition) is 3. The topological polar surface area (TPSA) is 67.4 Å². The third-order valence-electron chi connectivity index (χ3n) is 3.12. The van der Waals surface area contributed by atoms with Gasteiger partial charge in [0.2, 0.25) is 11.8 Å². The van der Waals surface area contributed by atoms with E-state index in [1.165, 1.54) is 19.1 Å². The number of hydrogen-bond donors (Lipinski definition) is 2. The van der Waals surface area contributed by atoms with Crippen molar-refractivity contribution in [1.29, 1.82) is 0 Å². The molecule has 6 heteroatoms. The smallest absolute Gasteiger partial charge is 0.239 e. The molecule has 2 N–H and O–H groups in total. The minimum absolute atomic E-state index is 0.0352. The molecule has 0 fully saturated rings. The fourth-order valence-electron chi connectivity index (χ4n) is 1.88. The summed E-state index contributed by atoms with van der Waals surface area (Å²) in [6, 6.07) is 13.5. The van der Waals surface area contributed by atoms with Crippen LogP contribution in [0.5, 0.6) is 0 Å². The van der Waals surface area contributed by atoms with Crippen LogP contribution in [0, 0.1) is 17.7 Å². The maximum Gasteiger partial charge on any atom is 0.239 e. The predicted octanol–water partition coefficient (Wildman–Crippen LogP) is 2.24. The van der Waals surface area contributed by atoms with Crippen LogP contribution in [0.15, 0.2) is 48.5 Å². The van der Waals surface area contributed by atoms with Gasteiger partial charge in [0.25, 0.3) is 0 Å². The van der Waals surface area contributed by atoms with E-state index in [0.717, 1.165) is 11.1 Å². The molecule has 0 saturated carbocycles. The standard InChI is InChI=1S/C19H17FN2O2.C2H6O/c1-14(23)21-13-19(24)22-12-17-9-6-15(7-10-17)5-8-16-3-2-4-18(20)11-16;1-3-2/h2-4,6-7,9-11H,12-13H2,1H3,(H,21,23)(H,22,24);1-2H3. The van der Waals surface area contributed by atoms with Crippen molar-refractivity contribution in [1.82, 2.24) is 10.6 Å². The molecule has 0 atom stereocenters. The summed E-state index contributed by atoms with van der Waals surface area (Å²) in [5.74, 6) is 5.05. The van der Waals surface area contributed by atoms with E-state index in [-0.39, 0.29) is 24.2 Å². The van der Waals surface area contributed by atoms with Crippen molar-refractivity contribution >= 4 is 11.8 Å². The number of benzene rings is 2. The van der Waals surface area contributed by atoms with E-state index >= 15 is 0 Å². The Kier molecular flexibility index (Phi) is 9.90. The molecule has 2 rings (SSSR count). The SMILES string of the molecule is CC(=O)NCC(=O)NCc1ccc(C#Cc2cccc(F)c2)cc1.COC. The van der Waals surface area contributed by atoms with Crippen molar-refractivity contribution in [2.75, 3.05) is 20.8 Å². The number of carbonyl (C=O) groups excluding carboxylic acids is 2. The number of rotatable bonds is 4. The van der Waals surface area contributed by atoms with Crippen LogP contribution < -0.4 is 10.6 Å². The number of nitrogens with one attached hydrogen (secondary N) is 2. The van der Waals surface area contributed by atoms with Gasteiger partial charge in [-0.1, -0.05) is 30.0 Å². The van der Waals surface area contributed by atoms with E-state index in [1.807, 2.05) is 24.3 Å². The van der Waals surface area contributed by atoms with Gasteiger partial charge in [-0.2, -0.15) is 0 Å². The first-order valence-electron chi connectivity index (χ1n) is 8.22. The van der Waals surface area contributed by atoms with E-state index < -0.39 is 0 Å². The summed E-state index contributed by atoms with van der Waals surface area (Å²) in [6.07, 6.45) is 0. The van der Waals surface area contributed by atoms with Crippen LogP contribution in [0.2, 0.25) is 0 Å². The van der Waals surface area contributed by atoms with E-state index in [4.69, 9.17) is 0 Å². The molecule has 2 aromatic carbocycles. The van der Waals surface area contributed by atoms with Gasteiger partial charge in [-0.3, -0.25) is 9.59 Å². The number of carbonyl (C=O) groups is 2. The van der Waals surface area contributed by atoms with Crippen molar-refractivity contribution in [3.8, 4) is 11.8 Å². The van der Waals surface area contributed by atoms with Crippen molar-refractivity contribution in [3.05, 3.63) is 71.0 Å². The minimum Gasteiger partial charge on any atom is -0.388 e. The Morgan fingerprint density at radius 1 is 1.00 bits per heavy atom. The average Bonchev–Trinajstić information content (AvgIpc) is 2.64. The lowest BCUT2D eigenvalue weighted by Gasteiger charge is -2.05. The van der Waals surface area contributed by atoms with Gasteiger partial charge in [0.05, 0.1) is 6.54 Å². The van der Waals surface area contributed by atoms with Crippen LogP contribution in [0.1, 0.15) is 23.6 Å². The van der Waals surface area contributed by atoms with Crippen LogP contribution in [-0.4, -0.2) is 32.6 Å². The zero-order chi connectivity index (χ0) is 20.1. The lowest BCUT2D eigenvalue weighted by Crippen LogP contribution is -2.35. The number of amides is 2. The molecule has 0 saturated heterocycles. The van der Waals surface area contributed by atoms with Crippen molar-refractivity contribution in [2.24, 2.45) is 0 Å². The van der Waals surface area contributed by atoms with Gasteiger partial charge < -0.3 is 15.4 Å². The van der Waals surface area contributed by atoms with Crippen LogP contribution in [0.25, 0.3) is 0 Å². The Bertz CT molecular complexity index is 808. The summed E-state index contributed by atoms with van der Waals surface area (Å²) in [4.78, 5) is 22.2. The summed E-state index contributed by atoms with van der Waals surface area (Å²) in [5, 5.41) is 5.14. The third-order valence-corrected chi connectivity index (χ3v) is 3.12. The van der Waals surface area contributed by atoms with Gasteiger partial charge in [0, 0.05) is 38.8 Å². The monoisotopic (exact) mass is 370 g/mol. The predicted molar refractivity (Wildman–Crippen MR) is 102 cm³/mol. The highest BCUT2D eigenvalue weighted by molar-refractivity contribution is 5.83. The number of ether oxygens (including phenoxy) is 1. The Labute approximate surface area is 158 Å². The van der Waals surface area contributed by atoms with Gasteiger partial charge in [-0.15, -0.1) is 0 Å². The number of methoxy groups -OCH3 is 1. The first-order valence-corrected chi connectivity index (χ1v) is 8.22. The van der Waals surface area contributed by atoms with E-state index in [9.17, 15) is 14.0 Å². The second-order valence-electron chi connectivity index (χ2n) is 5.55. The molecule has 2 aromatic rings. The average molecular weight is 370 g/mol. The molecule has 5 nitrogen and oxygen atoms in total. The lowest BCUT2D eigenvalue weighted by molar-refractivity contribution is -0.125. The molecule has 0 radical (unpaired) electrons. The molecular formula is C21H23FN2O3. The van der Waals surface area contributed by atoms with Gasteiger partial charge in [-0.05, 0) is 35.9 Å². The molecule has 2 amide bonds. The zero-order valence-corrected chi connectivity index (χ0v) is 15.6. The van der Waals surface area contributed by atoms with Crippen LogP contribution in [-0.2, 0) is 20.9 Å². The highest BCUT2D eigenvalue weighted by atomic mass is 19.1. The second kappa shape index (κ2) is 12.2.